The molecule has 1 N–H and O–H groups in total. The molecule has 0 heterocycles. The molecule has 0 atom stereocenters. The molecule has 0 aliphatic rings. The van der Waals surface area contributed by atoms with Crippen LogP contribution >= 0.6 is 0 Å². The van der Waals surface area contributed by atoms with Gasteiger partial charge in [-0.1, -0.05) is 12.1 Å². The first-order valence-corrected chi connectivity index (χ1v) is 6.52. The molecule has 0 amide bonds. The Hall–Kier alpha value is -2.47. The van der Waals surface area contributed by atoms with Crippen LogP contribution in [0, 0.1) is 25.2 Å². The lowest BCUT2D eigenvalue weighted by atomic mass is 10.1. The lowest BCUT2D eigenvalue weighted by Crippen LogP contribution is -2.01. The maximum Gasteiger partial charge on any atom is 0.136 e. The van der Waals surface area contributed by atoms with E-state index in [1.54, 1.807) is 13.2 Å². The summed E-state index contributed by atoms with van der Waals surface area (Å²) >= 11 is 0. The smallest absolute Gasteiger partial charge is 0.136 e. The van der Waals surface area contributed by atoms with E-state index in [1.807, 2.05) is 12.1 Å². The SMILES string of the molecule is COc1cc(CNc2ccc(C)c(C)c2)ccc1C#N. The minimum absolute atomic E-state index is 0.558. The molecule has 2 aromatic carbocycles. The van der Waals surface area contributed by atoms with Crippen LogP contribution in [0.15, 0.2) is 36.4 Å². The van der Waals surface area contributed by atoms with Gasteiger partial charge in [0.15, 0.2) is 0 Å². The van der Waals surface area contributed by atoms with E-state index >= 15 is 0 Å². The third-order valence-electron chi connectivity index (χ3n) is 3.39. The molecular formula is C17H18N2O. The van der Waals surface area contributed by atoms with E-state index in [0.29, 0.717) is 17.9 Å². The van der Waals surface area contributed by atoms with Crippen LogP contribution in [0.4, 0.5) is 5.69 Å². The van der Waals surface area contributed by atoms with Gasteiger partial charge in [-0.25, -0.2) is 0 Å². The van der Waals surface area contributed by atoms with Gasteiger partial charge in [0.2, 0.25) is 0 Å². The lowest BCUT2D eigenvalue weighted by Gasteiger charge is -2.10. The maximum absolute atomic E-state index is 8.96. The van der Waals surface area contributed by atoms with Gasteiger partial charge in [0.1, 0.15) is 11.8 Å². The average molecular weight is 266 g/mol. The second-order valence-corrected chi connectivity index (χ2v) is 4.80. The quantitative estimate of drug-likeness (QED) is 0.915. The molecular weight excluding hydrogens is 248 g/mol. The Kier molecular flexibility index (Phi) is 4.27. The number of hydrogen-bond donors (Lipinski definition) is 1. The fourth-order valence-corrected chi connectivity index (χ4v) is 1.99. The minimum Gasteiger partial charge on any atom is -0.495 e. The molecule has 2 aromatic rings. The van der Waals surface area contributed by atoms with Crippen molar-refractivity contribution in [2.75, 3.05) is 12.4 Å². The van der Waals surface area contributed by atoms with Crippen molar-refractivity contribution in [3.8, 4) is 11.8 Å². The molecule has 0 saturated heterocycles. The fraction of sp³-hybridized carbons (Fsp3) is 0.235. The summed E-state index contributed by atoms with van der Waals surface area (Å²) in [6.07, 6.45) is 0. The summed E-state index contributed by atoms with van der Waals surface area (Å²) in [6, 6.07) is 14.1. The highest BCUT2D eigenvalue weighted by atomic mass is 16.5. The molecule has 102 valence electrons. The first-order valence-electron chi connectivity index (χ1n) is 6.52. The average Bonchev–Trinajstić information content (AvgIpc) is 2.48. The molecule has 0 aliphatic heterocycles. The zero-order chi connectivity index (χ0) is 14.5. The summed E-state index contributed by atoms with van der Waals surface area (Å²) in [7, 11) is 1.58. The molecule has 0 aliphatic carbocycles. The number of nitrogens with one attached hydrogen (secondary N) is 1. The Balaban J connectivity index is 2.11. The van der Waals surface area contributed by atoms with Crippen molar-refractivity contribution in [1.29, 1.82) is 5.26 Å². The lowest BCUT2D eigenvalue weighted by molar-refractivity contribution is 0.413. The number of hydrogen-bond acceptors (Lipinski definition) is 3. The van der Waals surface area contributed by atoms with Crippen LogP contribution in [-0.4, -0.2) is 7.11 Å². The number of anilines is 1. The second-order valence-electron chi connectivity index (χ2n) is 4.80. The number of nitriles is 1. The van der Waals surface area contributed by atoms with E-state index < -0.39 is 0 Å². The standard InChI is InChI=1S/C17H18N2O/c1-12-4-7-16(8-13(12)2)19-11-14-5-6-15(10-18)17(9-14)20-3/h4-9,19H,11H2,1-3H3. The Morgan fingerprint density at radius 1 is 1.10 bits per heavy atom. The Bertz CT molecular complexity index is 657. The Morgan fingerprint density at radius 3 is 2.55 bits per heavy atom. The number of rotatable bonds is 4. The number of ether oxygens (including phenoxy) is 1. The zero-order valence-corrected chi connectivity index (χ0v) is 12.0. The van der Waals surface area contributed by atoms with E-state index in [-0.39, 0.29) is 0 Å². The molecule has 0 aromatic heterocycles. The van der Waals surface area contributed by atoms with Crippen LogP contribution in [0.25, 0.3) is 0 Å². The molecule has 0 fully saturated rings. The van der Waals surface area contributed by atoms with Crippen molar-refractivity contribution in [3.63, 3.8) is 0 Å². The molecule has 0 spiro atoms. The van der Waals surface area contributed by atoms with Crippen LogP contribution in [0.1, 0.15) is 22.3 Å². The van der Waals surface area contributed by atoms with Crippen LogP contribution < -0.4 is 10.1 Å². The van der Waals surface area contributed by atoms with Gasteiger partial charge in [-0.2, -0.15) is 5.26 Å². The Labute approximate surface area is 119 Å². The molecule has 20 heavy (non-hydrogen) atoms. The zero-order valence-electron chi connectivity index (χ0n) is 12.0. The largest absolute Gasteiger partial charge is 0.495 e. The first kappa shape index (κ1) is 14.0. The van der Waals surface area contributed by atoms with E-state index in [4.69, 9.17) is 10.00 Å². The van der Waals surface area contributed by atoms with Crippen molar-refractivity contribution in [1.82, 2.24) is 0 Å². The van der Waals surface area contributed by atoms with Gasteiger partial charge in [0, 0.05) is 12.2 Å². The van der Waals surface area contributed by atoms with Gasteiger partial charge in [-0.15, -0.1) is 0 Å². The van der Waals surface area contributed by atoms with Crippen molar-refractivity contribution in [2.24, 2.45) is 0 Å². The molecule has 0 radical (unpaired) electrons. The monoisotopic (exact) mass is 266 g/mol. The van der Waals surface area contributed by atoms with Crippen LogP contribution in [0.3, 0.4) is 0 Å². The minimum atomic E-state index is 0.558. The number of aryl methyl sites for hydroxylation is 2. The first-order chi connectivity index (χ1) is 9.63. The summed E-state index contributed by atoms with van der Waals surface area (Å²) in [5.41, 5.74) is 5.29. The molecule has 0 bridgehead atoms. The topological polar surface area (TPSA) is 45.0 Å². The number of benzene rings is 2. The molecule has 3 heteroatoms. The van der Waals surface area contributed by atoms with Gasteiger partial charge in [-0.05, 0) is 54.8 Å². The van der Waals surface area contributed by atoms with Gasteiger partial charge in [0.05, 0.1) is 12.7 Å². The van der Waals surface area contributed by atoms with Crippen LogP contribution in [0.5, 0.6) is 5.75 Å². The van der Waals surface area contributed by atoms with Crippen molar-refractivity contribution < 1.29 is 4.74 Å². The van der Waals surface area contributed by atoms with Gasteiger partial charge in [0.25, 0.3) is 0 Å². The Morgan fingerprint density at radius 2 is 1.90 bits per heavy atom. The van der Waals surface area contributed by atoms with E-state index in [1.165, 1.54) is 11.1 Å². The molecule has 0 saturated carbocycles. The van der Waals surface area contributed by atoms with Crippen molar-refractivity contribution in [2.45, 2.75) is 20.4 Å². The van der Waals surface area contributed by atoms with E-state index in [2.05, 4.69) is 43.4 Å². The van der Waals surface area contributed by atoms with Crippen LogP contribution in [0.2, 0.25) is 0 Å². The third kappa shape index (κ3) is 3.10. The third-order valence-corrected chi connectivity index (χ3v) is 3.39. The van der Waals surface area contributed by atoms with Crippen molar-refractivity contribution in [3.05, 3.63) is 58.7 Å². The molecule has 0 unspecified atom stereocenters. The van der Waals surface area contributed by atoms with Gasteiger partial charge < -0.3 is 10.1 Å². The maximum atomic E-state index is 8.96. The van der Waals surface area contributed by atoms with Crippen LogP contribution in [-0.2, 0) is 6.54 Å². The second kappa shape index (κ2) is 6.12. The normalized spacial score (nSPS) is 9.90. The number of nitrogens with zero attached hydrogens (tertiary/aromatic N) is 1. The summed E-state index contributed by atoms with van der Waals surface area (Å²) in [4.78, 5) is 0. The molecule has 3 nitrogen and oxygen atoms in total. The summed E-state index contributed by atoms with van der Waals surface area (Å²) in [5, 5.41) is 12.3. The van der Waals surface area contributed by atoms with E-state index in [0.717, 1.165) is 11.3 Å². The summed E-state index contributed by atoms with van der Waals surface area (Å²) < 4.78 is 5.21. The van der Waals surface area contributed by atoms with Crippen molar-refractivity contribution >= 4 is 5.69 Å². The summed E-state index contributed by atoms with van der Waals surface area (Å²) in [5.74, 6) is 0.617. The van der Waals surface area contributed by atoms with Gasteiger partial charge >= 0.3 is 0 Å². The number of methoxy groups -OCH3 is 1. The van der Waals surface area contributed by atoms with Gasteiger partial charge in [-0.3, -0.25) is 0 Å². The predicted octanol–water partition coefficient (Wildman–Crippen LogP) is 3.80. The summed E-state index contributed by atoms with van der Waals surface area (Å²) in [6.45, 7) is 4.90. The van der Waals surface area contributed by atoms with E-state index in [9.17, 15) is 0 Å². The highest BCUT2D eigenvalue weighted by molar-refractivity contribution is 5.50. The highest BCUT2D eigenvalue weighted by Gasteiger charge is 2.04. The predicted molar refractivity (Wildman–Crippen MR) is 81.0 cm³/mol. The fourth-order valence-electron chi connectivity index (χ4n) is 1.99. The molecule has 2 rings (SSSR count). The highest BCUT2D eigenvalue weighted by Crippen LogP contribution is 2.20.